The van der Waals surface area contributed by atoms with Crippen LogP contribution in [-0.4, -0.2) is 6.54 Å². The van der Waals surface area contributed by atoms with Gasteiger partial charge in [-0.3, -0.25) is 0 Å². The summed E-state index contributed by atoms with van der Waals surface area (Å²) < 4.78 is 13.8. The molecule has 0 heterocycles. The SMILES string of the molecule is CCNC(CC1CCC1)c1cc(Cl)ccc1F. The van der Waals surface area contributed by atoms with Gasteiger partial charge in [0.05, 0.1) is 0 Å². The van der Waals surface area contributed by atoms with E-state index in [1.165, 1.54) is 25.3 Å². The molecule has 94 valence electrons. The second kappa shape index (κ2) is 5.83. The minimum absolute atomic E-state index is 0.101. The first kappa shape index (κ1) is 12.8. The van der Waals surface area contributed by atoms with E-state index < -0.39 is 0 Å². The quantitative estimate of drug-likeness (QED) is 0.826. The van der Waals surface area contributed by atoms with Gasteiger partial charge in [-0.2, -0.15) is 0 Å². The summed E-state index contributed by atoms with van der Waals surface area (Å²) in [6.07, 6.45) is 4.90. The lowest BCUT2D eigenvalue weighted by Gasteiger charge is -2.30. The number of hydrogen-bond acceptors (Lipinski definition) is 1. The largest absolute Gasteiger partial charge is 0.310 e. The Balaban J connectivity index is 2.14. The summed E-state index contributed by atoms with van der Waals surface area (Å²) >= 11 is 5.95. The van der Waals surface area contributed by atoms with Gasteiger partial charge in [0.15, 0.2) is 0 Å². The number of benzene rings is 1. The van der Waals surface area contributed by atoms with Crippen molar-refractivity contribution in [2.75, 3.05) is 6.54 Å². The summed E-state index contributed by atoms with van der Waals surface area (Å²) in [6, 6.07) is 4.92. The summed E-state index contributed by atoms with van der Waals surface area (Å²) in [5.74, 6) is 0.595. The van der Waals surface area contributed by atoms with Crippen LogP contribution in [0.5, 0.6) is 0 Å². The summed E-state index contributed by atoms with van der Waals surface area (Å²) in [6.45, 7) is 2.90. The topological polar surface area (TPSA) is 12.0 Å². The predicted octanol–water partition coefficient (Wildman–Crippen LogP) is 4.32. The van der Waals surface area contributed by atoms with Crippen LogP contribution in [0.3, 0.4) is 0 Å². The molecule has 1 fully saturated rings. The van der Waals surface area contributed by atoms with Crippen LogP contribution in [-0.2, 0) is 0 Å². The smallest absolute Gasteiger partial charge is 0.128 e. The molecule has 1 unspecified atom stereocenters. The van der Waals surface area contributed by atoms with Gasteiger partial charge in [0.1, 0.15) is 5.82 Å². The van der Waals surface area contributed by atoms with Crippen molar-refractivity contribution < 1.29 is 4.39 Å². The van der Waals surface area contributed by atoms with Crippen LogP contribution >= 0.6 is 11.6 Å². The Morgan fingerprint density at radius 2 is 2.24 bits per heavy atom. The van der Waals surface area contributed by atoms with Crippen LogP contribution in [0.1, 0.15) is 44.2 Å². The van der Waals surface area contributed by atoms with Gasteiger partial charge in [-0.15, -0.1) is 0 Å². The lowest BCUT2D eigenvalue weighted by Crippen LogP contribution is -2.26. The summed E-state index contributed by atoms with van der Waals surface area (Å²) in [4.78, 5) is 0. The molecule has 1 aromatic carbocycles. The van der Waals surface area contributed by atoms with Crippen molar-refractivity contribution in [3.63, 3.8) is 0 Å². The van der Waals surface area contributed by atoms with Crippen LogP contribution < -0.4 is 5.32 Å². The van der Waals surface area contributed by atoms with Gasteiger partial charge in [-0.05, 0) is 37.1 Å². The first-order chi connectivity index (χ1) is 8.20. The molecule has 1 saturated carbocycles. The minimum atomic E-state index is -0.153. The maximum Gasteiger partial charge on any atom is 0.128 e. The average molecular weight is 256 g/mol. The molecule has 0 amide bonds. The molecule has 1 aliphatic rings. The maximum atomic E-state index is 13.8. The average Bonchev–Trinajstić information content (AvgIpc) is 2.25. The molecule has 1 aliphatic carbocycles. The first-order valence-corrected chi connectivity index (χ1v) is 6.76. The zero-order valence-electron chi connectivity index (χ0n) is 10.2. The predicted molar refractivity (Wildman–Crippen MR) is 69.8 cm³/mol. The van der Waals surface area contributed by atoms with E-state index in [-0.39, 0.29) is 11.9 Å². The fourth-order valence-corrected chi connectivity index (χ4v) is 2.59. The molecule has 0 spiro atoms. The Hall–Kier alpha value is -0.600. The van der Waals surface area contributed by atoms with Gasteiger partial charge in [0.2, 0.25) is 0 Å². The van der Waals surface area contributed by atoms with E-state index in [1.807, 2.05) is 0 Å². The monoisotopic (exact) mass is 255 g/mol. The molecule has 1 aromatic rings. The second-order valence-electron chi connectivity index (χ2n) is 4.81. The number of halogens is 2. The normalized spacial score (nSPS) is 17.8. The van der Waals surface area contributed by atoms with Crippen molar-refractivity contribution in [1.82, 2.24) is 5.32 Å². The van der Waals surface area contributed by atoms with Crippen LogP contribution in [0.15, 0.2) is 18.2 Å². The third kappa shape index (κ3) is 3.20. The summed E-state index contributed by atoms with van der Waals surface area (Å²) in [5.41, 5.74) is 0.714. The van der Waals surface area contributed by atoms with Gasteiger partial charge in [-0.25, -0.2) is 4.39 Å². The highest BCUT2D eigenvalue weighted by molar-refractivity contribution is 6.30. The zero-order chi connectivity index (χ0) is 12.3. The van der Waals surface area contributed by atoms with Gasteiger partial charge >= 0.3 is 0 Å². The highest BCUT2D eigenvalue weighted by atomic mass is 35.5. The van der Waals surface area contributed by atoms with Gasteiger partial charge in [0, 0.05) is 16.6 Å². The number of hydrogen-bond donors (Lipinski definition) is 1. The molecule has 0 radical (unpaired) electrons. The van der Waals surface area contributed by atoms with Crippen molar-refractivity contribution in [2.45, 2.75) is 38.6 Å². The molecule has 17 heavy (non-hydrogen) atoms. The second-order valence-corrected chi connectivity index (χ2v) is 5.25. The van der Waals surface area contributed by atoms with E-state index in [9.17, 15) is 4.39 Å². The van der Waals surface area contributed by atoms with E-state index in [1.54, 1.807) is 12.1 Å². The van der Waals surface area contributed by atoms with Crippen molar-refractivity contribution >= 4 is 11.6 Å². The Labute approximate surface area is 107 Å². The van der Waals surface area contributed by atoms with Crippen molar-refractivity contribution in [3.8, 4) is 0 Å². The van der Waals surface area contributed by atoms with Gasteiger partial charge < -0.3 is 5.32 Å². The van der Waals surface area contributed by atoms with Crippen molar-refractivity contribution in [1.29, 1.82) is 0 Å². The first-order valence-electron chi connectivity index (χ1n) is 6.39. The lowest BCUT2D eigenvalue weighted by molar-refractivity contribution is 0.260. The molecule has 1 atom stereocenters. The highest BCUT2D eigenvalue weighted by Gasteiger charge is 2.24. The van der Waals surface area contributed by atoms with E-state index in [0.717, 1.165) is 18.9 Å². The van der Waals surface area contributed by atoms with Gasteiger partial charge in [-0.1, -0.05) is 37.8 Å². The van der Waals surface area contributed by atoms with Crippen molar-refractivity contribution in [3.05, 3.63) is 34.6 Å². The molecule has 0 aromatic heterocycles. The third-order valence-electron chi connectivity index (χ3n) is 3.58. The molecular formula is C14H19ClFN. The minimum Gasteiger partial charge on any atom is -0.310 e. The van der Waals surface area contributed by atoms with Crippen LogP contribution in [0, 0.1) is 11.7 Å². The maximum absolute atomic E-state index is 13.8. The Morgan fingerprint density at radius 3 is 2.82 bits per heavy atom. The number of rotatable bonds is 5. The van der Waals surface area contributed by atoms with E-state index >= 15 is 0 Å². The fraction of sp³-hybridized carbons (Fsp3) is 0.571. The third-order valence-corrected chi connectivity index (χ3v) is 3.81. The van der Waals surface area contributed by atoms with Crippen molar-refractivity contribution in [2.24, 2.45) is 5.92 Å². The Morgan fingerprint density at radius 1 is 1.47 bits per heavy atom. The van der Waals surface area contributed by atoms with Crippen LogP contribution in [0.4, 0.5) is 4.39 Å². The summed E-state index contributed by atoms with van der Waals surface area (Å²) in [5, 5.41) is 3.98. The standard InChI is InChI=1S/C14H19ClFN/c1-2-17-14(8-10-4-3-5-10)12-9-11(15)6-7-13(12)16/h6-7,9-10,14,17H,2-5,8H2,1H3. The Bertz CT molecular complexity index is 376. The van der Waals surface area contributed by atoms with E-state index in [0.29, 0.717) is 10.6 Å². The molecule has 0 aliphatic heterocycles. The molecule has 0 bridgehead atoms. The molecular weight excluding hydrogens is 237 g/mol. The molecule has 1 N–H and O–H groups in total. The molecule has 3 heteroatoms. The lowest BCUT2D eigenvalue weighted by atomic mass is 9.79. The fourth-order valence-electron chi connectivity index (χ4n) is 2.41. The molecule has 1 nitrogen and oxygen atoms in total. The van der Waals surface area contributed by atoms with Gasteiger partial charge in [0.25, 0.3) is 0 Å². The summed E-state index contributed by atoms with van der Waals surface area (Å²) in [7, 11) is 0. The zero-order valence-corrected chi connectivity index (χ0v) is 10.9. The highest BCUT2D eigenvalue weighted by Crippen LogP contribution is 2.35. The molecule has 0 saturated heterocycles. The number of nitrogens with one attached hydrogen (secondary N) is 1. The molecule has 2 rings (SSSR count). The van der Waals surface area contributed by atoms with Crippen LogP contribution in [0.2, 0.25) is 5.02 Å². The van der Waals surface area contributed by atoms with E-state index in [2.05, 4.69) is 12.2 Å². The Kier molecular flexibility index (Phi) is 4.41. The van der Waals surface area contributed by atoms with E-state index in [4.69, 9.17) is 11.6 Å². The van der Waals surface area contributed by atoms with Crippen LogP contribution in [0.25, 0.3) is 0 Å².